The molecule has 4 rings (SSSR count). The van der Waals surface area contributed by atoms with E-state index >= 15 is 0 Å². The van der Waals surface area contributed by atoms with Crippen LogP contribution < -0.4 is 9.52 Å². The number of amides is 1. The maximum absolute atomic E-state index is 12.9. The van der Waals surface area contributed by atoms with Gasteiger partial charge in [0.1, 0.15) is 0 Å². The number of carbonyl (C=O) groups is 1. The van der Waals surface area contributed by atoms with Crippen LogP contribution in [0.3, 0.4) is 0 Å². The van der Waals surface area contributed by atoms with Crippen LogP contribution in [0.15, 0.2) is 76.6 Å². The summed E-state index contributed by atoms with van der Waals surface area (Å²) in [5.41, 5.74) is 2.59. The Morgan fingerprint density at radius 1 is 1.09 bits per heavy atom. The maximum atomic E-state index is 12.9. The van der Waals surface area contributed by atoms with Gasteiger partial charge in [-0.25, -0.2) is 8.42 Å². The number of ether oxygens (including phenoxy) is 1. The molecule has 3 aromatic carbocycles. The summed E-state index contributed by atoms with van der Waals surface area (Å²) >= 11 is 7.51. The van der Waals surface area contributed by atoms with Crippen LogP contribution in [0.2, 0.25) is 5.02 Å². The van der Waals surface area contributed by atoms with Crippen LogP contribution in [0, 0.1) is 6.92 Å². The third kappa shape index (κ3) is 5.99. The van der Waals surface area contributed by atoms with E-state index in [1.807, 2.05) is 30.5 Å². The smallest absolute Gasteiger partial charge is 0.279 e. The molecule has 4 aromatic rings. The van der Waals surface area contributed by atoms with E-state index < -0.39 is 15.9 Å². The molecular weight excluding hydrogens is 506 g/mol. The van der Waals surface area contributed by atoms with Crippen molar-refractivity contribution in [2.75, 3.05) is 17.9 Å². The molecule has 0 unspecified atom stereocenters. The highest BCUT2D eigenvalue weighted by Gasteiger charge is 2.15. The summed E-state index contributed by atoms with van der Waals surface area (Å²) in [5.74, 6) is -0.430. The Bertz CT molecular complexity index is 1520. The molecule has 0 saturated heterocycles. The maximum Gasteiger partial charge on any atom is 0.279 e. The van der Waals surface area contributed by atoms with Gasteiger partial charge in [-0.3, -0.25) is 9.52 Å². The summed E-state index contributed by atoms with van der Waals surface area (Å²) in [4.78, 5) is 18.0. The first kappa shape index (κ1) is 25.1. The molecular formula is C25H24ClN3O4S2. The van der Waals surface area contributed by atoms with E-state index in [1.165, 1.54) is 11.3 Å². The second-order valence-electron chi connectivity index (χ2n) is 7.76. The fourth-order valence-electron chi connectivity index (χ4n) is 3.41. The first-order valence-corrected chi connectivity index (χ1v) is 13.6. The predicted molar refractivity (Wildman–Crippen MR) is 140 cm³/mol. The van der Waals surface area contributed by atoms with Gasteiger partial charge in [-0.05, 0) is 68.4 Å². The lowest BCUT2D eigenvalue weighted by molar-refractivity contribution is 0.0996. The molecule has 0 aliphatic heterocycles. The number of nitrogens with zero attached hydrogens (tertiary/aromatic N) is 2. The lowest BCUT2D eigenvalue weighted by Gasteiger charge is -2.08. The van der Waals surface area contributed by atoms with Crippen LogP contribution in [0.25, 0.3) is 10.2 Å². The number of benzene rings is 3. The van der Waals surface area contributed by atoms with E-state index in [4.69, 9.17) is 16.3 Å². The fourth-order valence-corrected chi connectivity index (χ4v) is 5.80. The Balaban J connectivity index is 1.58. The minimum Gasteiger partial charge on any atom is -0.380 e. The minimum absolute atomic E-state index is 0.166. The monoisotopic (exact) mass is 529 g/mol. The number of aromatic nitrogens is 1. The van der Waals surface area contributed by atoms with Gasteiger partial charge in [0.25, 0.3) is 15.9 Å². The summed E-state index contributed by atoms with van der Waals surface area (Å²) in [6.07, 6.45) is 0. The zero-order valence-corrected chi connectivity index (χ0v) is 21.6. The first-order valence-electron chi connectivity index (χ1n) is 10.9. The first-order chi connectivity index (χ1) is 16.8. The van der Waals surface area contributed by atoms with Crippen molar-refractivity contribution in [3.63, 3.8) is 0 Å². The topological polar surface area (TPSA) is 89.8 Å². The van der Waals surface area contributed by atoms with E-state index in [0.717, 1.165) is 15.8 Å². The van der Waals surface area contributed by atoms with Crippen LogP contribution in [-0.2, 0) is 21.3 Å². The largest absolute Gasteiger partial charge is 0.380 e. The fraction of sp³-hybridized carbons (Fsp3) is 0.200. The SMILES string of the molecule is CCOCCn1c(=NC(=O)c2ccc(NS(=O)(=O)c3ccc(C)cc3)cc2)sc2cc(Cl)ccc21. The average molecular weight is 530 g/mol. The molecule has 0 bridgehead atoms. The van der Waals surface area contributed by atoms with Crippen molar-refractivity contribution >= 4 is 54.8 Å². The van der Waals surface area contributed by atoms with Gasteiger partial charge in [0.15, 0.2) is 4.80 Å². The van der Waals surface area contributed by atoms with Crippen molar-refractivity contribution < 1.29 is 17.9 Å². The number of halogens is 1. The zero-order chi connectivity index (χ0) is 25.0. The van der Waals surface area contributed by atoms with Crippen LogP contribution in [0.4, 0.5) is 5.69 Å². The molecule has 1 N–H and O–H groups in total. The normalized spacial score (nSPS) is 12.3. The molecule has 182 valence electrons. The van der Waals surface area contributed by atoms with Gasteiger partial charge in [-0.2, -0.15) is 4.99 Å². The Kier molecular flexibility index (Phi) is 7.71. The van der Waals surface area contributed by atoms with Crippen LogP contribution in [-0.4, -0.2) is 32.1 Å². The molecule has 0 radical (unpaired) electrons. The van der Waals surface area contributed by atoms with Crippen LogP contribution >= 0.6 is 22.9 Å². The van der Waals surface area contributed by atoms with Gasteiger partial charge in [0.05, 0.1) is 21.7 Å². The number of hydrogen-bond acceptors (Lipinski definition) is 5. The van der Waals surface area contributed by atoms with Crippen molar-refractivity contribution in [2.45, 2.75) is 25.3 Å². The van der Waals surface area contributed by atoms with E-state index in [0.29, 0.717) is 40.8 Å². The summed E-state index contributed by atoms with van der Waals surface area (Å²) < 4.78 is 36.1. The molecule has 0 aliphatic rings. The summed E-state index contributed by atoms with van der Waals surface area (Å²) in [5, 5.41) is 0.609. The Morgan fingerprint density at radius 3 is 2.49 bits per heavy atom. The van der Waals surface area contributed by atoms with Crippen LogP contribution in [0.1, 0.15) is 22.8 Å². The number of nitrogens with one attached hydrogen (secondary N) is 1. The van der Waals surface area contributed by atoms with Crippen molar-refractivity contribution in [1.82, 2.24) is 4.57 Å². The third-order valence-electron chi connectivity index (χ3n) is 5.22. The highest BCUT2D eigenvalue weighted by Crippen LogP contribution is 2.22. The molecule has 0 aliphatic carbocycles. The standard InChI is InChI=1S/C25H24ClN3O4S2/c1-3-33-15-14-29-22-13-8-19(26)16-23(22)34-25(29)27-24(30)18-6-9-20(10-7-18)28-35(31,32)21-11-4-17(2)5-12-21/h4-13,16,28H,3,14-15H2,1-2H3. The number of thiazole rings is 1. The average Bonchev–Trinajstić information content (AvgIpc) is 3.15. The molecule has 0 saturated carbocycles. The van der Waals surface area contributed by atoms with Gasteiger partial charge >= 0.3 is 0 Å². The van der Waals surface area contributed by atoms with Gasteiger partial charge in [0.2, 0.25) is 0 Å². The minimum atomic E-state index is -3.73. The van der Waals surface area contributed by atoms with Gasteiger partial charge in [0, 0.05) is 29.4 Å². The molecule has 1 aromatic heterocycles. The van der Waals surface area contributed by atoms with Gasteiger partial charge in [-0.1, -0.05) is 40.6 Å². The molecule has 0 spiro atoms. The zero-order valence-electron chi connectivity index (χ0n) is 19.2. The number of fused-ring (bicyclic) bond motifs is 1. The van der Waals surface area contributed by atoms with Crippen molar-refractivity contribution in [3.05, 3.63) is 87.7 Å². The molecule has 35 heavy (non-hydrogen) atoms. The van der Waals surface area contributed by atoms with E-state index in [2.05, 4.69) is 9.71 Å². The second kappa shape index (κ2) is 10.7. The number of rotatable bonds is 8. The van der Waals surface area contributed by atoms with Gasteiger partial charge < -0.3 is 9.30 Å². The summed E-state index contributed by atoms with van der Waals surface area (Å²) in [6.45, 7) is 5.44. The molecule has 0 atom stereocenters. The number of hydrogen-bond donors (Lipinski definition) is 1. The highest BCUT2D eigenvalue weighted by molar-refractivity contribution is 7.92. The lowest BCUT2D eigenvalue weighted by atomic mass is 10.2. The number of sulfonamides is 1. The lowest BCUT2D eigenvalue weighted by Crippen LogP contribution is -2.19. The molecule has 10 heteroatoms. The molecule has 1 heterocycles. The predicted octanol–water partition coefficient (Wildman–Crippen LogP) is 5.24. The van der Waals surface area contributed by atoms with Crippen molar-refractivity contribution in [3.8, 4) is 0 Å². The van der Waals surface area contributed by atoms with Crippen LogP contribution in [0.5, 0.6) is 0 Å². The Morgan fingerprint density at radius 2 is 1.80 bits per heavy atom. The van der Waals surface area contributed by atoms with Gasteiger partial charge in [-0.15, -0.1) is 0 Å². The van der Waals surface area contributed by atoms with E-state index in [9.17, 15) is 13.2 Å². The Hall–Kier alpha value is -2.98. The molecule has 1 amide bonds. The second-order valence-corrected chi connectivity index (χ2v) is 10.9. The van der Waals surface area contributed by atoms with E-state index in [1.54, 1.807) is 54.6 Å². The molecule has 0 fully saturated rings. The van der Waals surface area contributed by atoms with Crippen molar-refractivity contribution in [2.24, 2.45) is 4.99 Å². The highest BCUT2D eigenvalue weighted by atomic mass is 35.5. The van der Waals surface area contributed by atoms with Crippen molar-refractivity contribution in [1.29, 1.82) is 0 Å². The number of anilines is 1. The Labute approximate surface area is 212 Å². The quantitative estimate of drug-likeness (QED) is 0.316. The summed E-state index contributed by atoms with van der Waals surface area (Å²) in [6, 6.07) is 18.3. The summed E-state index contributed by atoms with van der Waals surface area (Å²) in [7, 11) is -3.73. The third-order valence-corrected chi connectivity index (χ3v) is 7.89. The number of aryl methyl sites for hydroxylation is 1. The number of carbonyl (C=O) groups excluding carboxylic acids is 1. The van der Waals surface area contributed by atoms with E-state index in [-0.39, 0.29) is 4.90 Å². The molecule has 7 nitrogen and oxygen atoms in total.